The normalized spacial score (nSPS) is 21.0. The number of nitrogens with zero attached hydrogens (tertiary/aromatic N) is 1. The van der Waals surface area contributed by atoms with Gasteiger partial charge in [0, 0.05) is 32.2 Å². The van der Waals surface area contributed by atoms with Crippen molar-refractivity contribution in [3.63, 3.8) is 0 Å². The first-order valence-corrected chi connectivity index (χ1v) is 5.86. The molecule has 4 heteroatoms. The van der Waals surface area contributed by atoms with Crippen molar-refractivity contribution < 1.29 is 4.39 Å². The number of hydrogen-bond donors (Lipinski definition) is 1. The second-order valence-corrected chi connectivity index (χ2v) is 4.61. The third-order valence-electron chi connectivity index (χ3n) is 3.25. The van der Waals surface area contributed by atoms with E-state index < -0.39 is 0 Å². The first kappa shape index (κ1) is 14.4. The van der Waals surface area contributed by atoms with E-state index in [9.17, 15) is 4.39 Å². The minimum atomic E-state index is -0.114. The SMILES string of the molecule is Cc1cc(CN2CCNCC2C)ccc1F.Cl. The van der Waals surface area contributed by atoms with Crippen LogP contribution in [0.1, 0.15) is 18.1 Å². The third kappa shape index (κ3) is 3.66. The van der Waals surface area contributed by atoms with Gasteiger partial charge in [-0.05, 0) is 31.0 Å². The molecule has 1 aliphatic rings. The van der Waals surface area contributed by atoms with Crippen LogP contribution in [0.15, 0.2) is 18.2 Å². The Labute approximate surface area is 109 Å². The maximum atomic E-state index is 13.1. The van der Waals surface area contributed by atoms with Gasteiger partial charge in [0.1, 0.15) is 5.82 Å². The maximum Gasteiger partial charge on any atom is 0.126 e. The van der Waals surface area contributed by atoms with E-state index in [1.165, 1.54) is 5.56 Å². The van der Waals surface area contributed by atoms with Crippen molar-refractivity contribution in [3.05, 3.63) is 35.1 Å². The molecule has 0 saturated carbocycles. The molecule has 0 aliphatic carbocycles. The minimum absolute atomic E-state index is 0. The summed E-state index contributed by atoms with van der Waals surface area (Å²) in [6, 6.07) is 5.96. The van der Waals surface area contributed by atoms with Crippen molar-refractivity contribution in [2.75, 3.05) is 19.6 Å². The van der Waals surface area contributed by atoms with E-state index in [4.69, 9.17) is 0 Å². The van der Waals surface area contributed by atoms with E-state index in [-0.39, 0.29) is 18.2 Å². The number of piperazine rings is 1. The Hall–Kier alpha value is -0.640. The van der Waals surface area contributed by atoms with Crippen LogP contribution < -0.4 is 5.32 Å². The molecule has 96 valence electrons. The fourth-order valence-electron chi connectivity index (χ4n) is 2.16. The molecule has 2 rings (SSSR count). The number of benzene rings is 1. The van der Waals surface area contributed by atoms with Crippen molar-refractivity contribution >= 4 is 12.4 Å². The average Bonchev–Trinajstić information content (AvgIpc) is 2.27. The molecule has 1 aliphatic heterocycles. The van der Waals surface area contributed by atoms with Crippen LogP contribution in [-0.4, -0.2) is 30.6 Å². The molecule has 1 saturated heterocycles. The van der Waals surface area contributed by atoms with E-state index in [2.05, 4.69) is 17.1 Å². The van der Waals surface area contributed by atoms with Gasteiger partial charge in [-0.25, -0.2) is 4.39 Å². The highest BCUT2D eigenvalue weighted by atomic mass is 35.5. The van der Waals surface area contributed by atoms with Gasteiger partial charge in [0.25, 0.3) is 0 Å². The predicted molar refractivity (Wildman–Crippen MR) is 71.1 cm³/mol. The summed E-state index contributed by atoms with van der Waals surface area (Å²) >= 11 is 0. The Morgan fingerprint density at radius 1 is 1.47 bits per heavy atom. The first-order valence-electron chi connectivity index (χ1n) is 5.86. The van der Waals surface area contributed by atoms with Crippen LogP contribution in [0.25, 0.3) is 0 Å². The fourth-order valence-corrected chi connectivity index (χ4v) is 2.16. The van der Waals surface area contributed by atoms with Gasteiger partial charge in [-0.2, -0.15) is 0 Å². The van der Waals surface area contributed by atoms with E-state index in [0.29, 0.717) is 6.04 Å². The Bertz CT molecular complexity index is 370. The van der Waals surface area contributed by atoms with Crippen molar-refractivity contribution in [2.45, 2.75) is 26.4 Å². The molecule has 0 bridgehead atoms. The molecule has 1 unspecified atom stereocenters. The Morgan fingerprint density at radius 3 is 2.88 bits per heavy atom. The van der Waals surface area contributed by atoms with Gasteiger partial charge in [0.2, 0.25) is 0 Å². The van der Waals surface area contributed by atoms with Gasteiger partial charge >= 0.3 is 0 Å². The molecular weight excluding hydrogens is 239 g/mol. The molecular formula is C13H20ClFN2. The van der Waals surface area contributed by atoms with Crippen LogP contribution in [0.5, 0.6) is 0 Å². The van der Waals surface area contributed by atoms with Crippen molar-refractivity contribution in [1.29, 1.82) is 0 Å². The molecule has 0 amide bonds. The summed E-state index contributed by atoms with van der Waals surface area (Å²) in [7, 11) is 0. The van der Waals surface area contributed by atoms with Crippen LogP contribution in [0.3, 0.4) is 0 Å². The Morgan fingerprint density at radius 2 is 2.24 bits per heavy atom. The quantitative estimate of drug-likeness (QED) is 0.876. The monoisotopic (exact) mass is 258 g/mol. The summed E-state index contributed by atoms with van der Waals surface area (Å²) in [5.41, 5.74) is 1.94. The first-order chi connectivity index (χ1) is 7.66. The van der Waals surface area contributed by atoms with E-state index in [1.807, 2.05) is 19.1 Å². The highest BCUT2D eigenvalue weighted by molar-refractivity contribution is 5.85. The molecule has 1 fully saturated rings. The Balaban J connectivity index is 0.00000144. The van der Waals surface area contributed by atoms with Gasteiger partial charge < -0.3 is 5.32 Å². The topological polar surface area (TPSA) is 15.3 Å². The zero-order chi connectivity index (χ0) is 11.5. The fraction of sp³-hybridized carbons (Fsp3) is 0.538. The van der Waals surface area contributed by atoms with Gasteiger partial charge in [-0.3, -0.25) is 4.90 Å². The maximum absolute atomic E-state index is 13.1. The molecule has 0 radical (unpaired) electrons. The predicted octanol–water partition coefficient (Wildman–Crippen LogP) is 2.35. The third-order valence-corrected chi connectivity index (χ3v) is 3.25. The number of aryl methyl sites for hydroxylation is 1. The standard InChI is InChI=1S/C13H19FN2.ClH/c1-10-7-12(3-4-13(10)14)9-16-6-5-15-8-11(16)2;/h3-4,7,11,15H,5-6,8-9H2,1-2H3;1H. The number of halogens is 2. The molecule has 1 aromatic rings. The van der Waals surface area contributed by atoms with Gasteiger partial charge in [-0.1, -0.05) is 12.1 Å². The zero-order valence-corrected chi connectivity index (χ0v) is 11.2. The van der Waals surface area contributed by atoms with Crippen LogP contribution in [-0.2, 0) is 6.54 Å². The molecule has 0 spiro atoms. The lowest BCUT2D eigenvalue weighted by Crippen LogP contribution is -2.49. The Kier molecular flexibility index (Phi) is 5.37. The highest BCUT2D eigenvalue weighted by Crippen LogP contribution is 2.13. The molecule has 1 heterocycles. The van der Waals surface area contributed by atoms with E-state index in [0.717, 1.165) is 31.7 Å². The molecule has 17 heavy (non-hydrogen) atoms. The molecule has 2 nitrogen and oxygen atoms in total. The van der Waals surface area contributed by atoms with Gasteiger partial charge in [-0.15, -0.1) is 12.4 Å². The molecule has 1 aromatic carbocycles. The molecule has 1 atom stereocenters. The highest BCUT2D eigenvalue weighted by Gasteiger charge is 2.17. The number of hydrogen-bond acceptors (Lipinski definition) is 2. The molecule has 1 N–H and O–H groups in total. The summed E-state index contributed by atoms with van der Waals surface area (Å²) in [4.78, 5) is 2.43. The zero-order valence-electron chi connectivity index (χ0n) is 10.4. The van der Waals surface area contributed by atoms with Crippen molar-refractivity contribution in [3.8, 4) is 0 Å². The van der Waals surface area contributed by atoms with E-state index in [1.54, 1.807) is 6.07 Å². The lowest BCUT2D eigenvalue weighted by molar-refractivity contribution is 0.165. The smallest absolute Gasteiger partial charge is 0.126 e. The summed E-state index contributed by atoms with van der Waals surface area (Å²) in [6.07, 6.45) is 0. The second-order valence-electron chi connectivity index (χ2n) is 4.61. The van der Waals surface area contributed by atoms with Crippen LogP contribution >= 0.6 is 12.4 Å². The van der Waals surface area contributed by atoms with Crippen molar-refractivity contribution in [2.24, 2.45) is 0 Å². The van der Waals surface area contributed by atoms with Crippen LogP contribution in [0.4, 0.5) is 4.39 Å². The van der Waals surface area contributed by atoms with Gasteiger partial charge in [0.15, 0.2) is 0 Å². The molecule has 0 aromatic heterocycles. The number of rotatable bonds is 2. The average molecular weight is 259 g/mol. The van der Waals surface area contributed by atoms with E-state index >= 15 is 0 Å². The van der Waals surface area contributed by atoms with Crippen LogP contribution in [0, 0.1) is 12.7 Å². The summed E-state index contributed by atoms with van der Waals surface area (Å²) in [5.74, 6) is -0.114. The minimum Gasteiger partial charge on any atom is -0.314 e. The van der Waals surface area contributed by atoms with Gasteiger partial charge in [0.05, 0.1) is 0 Å². The summed E-state index contributed by atoms with van der Waals surface area (Å²) in [5, 5.41) is 3.37. The summed E-state index contributed by atoms with van der Waals surface area (Å²) in [6.45, 7) is 8.12. The lowest BCUT2D eigenvalue weighted by atomic mass is 10.1. The lowest BCUT2D eigenvalue weighted by Gasteiger charge is -2.33. The van der Waals surface area contributed by atoms with Crippen molar-refractivity contribution in [1.82, 2.24) is 10.2 Å². The second kappa shape index (κ2) is 6.34. The number of nitrogens with one attached hydrogen (secondary N) is 1. The largest absolute Gasteiger partial charge is 0.314 e. The summed E-state index contributed by atoms with van der Waals surface area (Å²) < 4.78 is 13.1. The van der Waals surface area contributed by atoms with Crippen LogP contribution in [0.2, 0.25) is 0 Å².